The molecule has 0 spiro atoms. The van der Waals surface area contributed by atoms with Gasteiger partial charge in [0.1, 0.15) is 11.5 Å². The van der Waals surface area contributed by atoms with Crippen molar-refractivity contribution in [2.75, 3.05) is 7.11 Å². The average Bonchev–Trinajstić information content (AvgIpc) is 2.39. The fourth-order valence-electron chi connectivity index (χ4n) is 1.46. The van der Waals surface area contributed by atoms with Crippen LogP contribution in [0.4, 0.5) is 0 Å². The molecule has 0 fully saturated rings. The molecule has 0 heterocycles. The SMILES string of the molecule is COC(=O)c1ccc(Oc2ccccc2)cc1Br. The van der Waals surface area contributed by atoms with Gasteiger partial charge in [-0.3, -0.25) is 0 Å². The van der Waals surface area contributed by atoms with E-state index in [0.29, 0.717) is 15.8 Å². The number of rotatable bonds is 3. The van der Waals surface area contributed by atoms with Crippen molar-refractivity contribution in [2.24, 2.45) is 0 Å². The summed E-state index contributed by atoms with van der Waals surface area (Å²) in [6.07, 6.45) is 0. The maximum absolute atomic E-state index is 11.4. The van der Waals surface area contributed by atoms with Crippen LogP contribution in [0.25, 0.3) is 0 Å². The second kappa shape index (κ2) is 5.69. The molecule has 0 aliphatic rings. The highest BCUT2D eigenvalue weighted by Gasteiger charge is 2.11. The van der Waals surface area contributed by atoms with Crippen molar-refractivity contribution in [1.29, 1.82) is 0 Å². The fourth-order valence-corrected chi connectivity index (χ4v) is 1.98. The molecule has 0 saturated carbocycles. The Labute approximate surface area is 113 Å². The second-order valence-electron chi connectivity index (χ2n) is 3.55. The maximum atomic E-state index is 11.4. The highest BCUT2D eigenvalue weighted by Crippen LogP contribution is 2.27. The zero-order valence-corrected chi connectivity index (χ0v) is 11.3. The lowest BCUT2D eigenvalue weighted by Crippen LogP contribution is -2.02. The first kappa shape index (κ1) is 12.6. The molecule has 2 aromatic rings. The van der Waals surface area contributed by atoms with Crippen molar-refractivity contribution in [1.82, 2.24) is 0 Å². The molecular weight excluding hydrogens is 296 g/mol. The third-order valence-electron chi connectivity index (χ3n) is 2.32. The van der Waals surface area contributed by atoms with E-state index in [0.717, 1.165) is 5.75 Å². The van der Waals surface area contributed by atoms with Crippen molar-refractivity contribution in [3.8, 4) is 11.5 Å². The van der Waals surface area contributed by atoms with E-state index in [2.05, 4.69) is 20.7 Å². The number of carbonyl (C=O) groups is 1. The zero-order chi connectivity index (χ0) is 13.0. The molecule has 2 aromatic carbocycles. The quantitative estimate of drug-likeness (QED) is 0.803. The number of methoxy groups -OCH3 is 1. The second-order valence-corrected chi connectivity index (χ2v) is 4.40. The molecular formula is C14H11BrO3. The summed E-state index contributed by atoms with van der Waals surface area (Å²) in [5, 5.41) is 0. The topological polar surface area (TPSA) is 35.5 Å². The van der Waals surface area contributed by atoms with Crippen LogP contribution in [0.1, 0.15) is 10.4 Å². The largest absolute Gasteiger partial charge is 0.465 e. The molecule has 0 bridgehead atoms. The Morgan fingerprint density at radius 1 is 1.06 bits per heavy atom. The standard InChI is InChI=1S/C14H11BrO3/c1-17-14(16)12-8-7-11(9-13(12)15)18-10-5-3-2-4-6-10/h2-9H,1H3. The predicted molar refractivity (Wildman–Crippen MR) is 72.0 cm³/mol. The van der Waals surface area contributed by atoms with Crippen molar-refractivity contribution >= 4 is 21.9 Å². The molecule has 0 aliphatic carbocycles. The first-order chi connectivity index (χ1) is 8.70. The molecule has 3 nitrogen and oxygen atoms in total. The first-order valence-electron chi connectivity index (χ1n) is 5.31. The van der Waals surface area contributed by atoms with Gasteiger partial charge in [0, 0.05) is 4.47 Å². The summed E-state index contributed by atoms with van der Waals surface area (Å²) < 4.78 is 11.0. The van der Waals surface area contributed by atoms with Gasteiger partial charge in [0.05, 0.1) is 12.7 Å². The van der Waals surface area contributed by atoms with E-state index in [4.69, 9.17) is 4.74 Å². The van der Waals surface area contributed by atoms with Crippen LogP contribution in [0, 0.1) is 0 Å². The van der Waals surface area contributed by atoms with Crippen LogP contribution in [0.3, 0.4) is 0 Å². The van der Waals surface area contributed by atoms with Crippen LogP contribution in [-0.4, -0.2) is 13.1 Å². The molecule has 18 heavy (non-hydrogen) atoms. The van der Waals surface area contributed by atoms with Crippen LogP contribution in [0.15, 0.2) is 53.0 Å². The molecule has 4 heteroatoms. The highest BCUT2D eigenvalue weighted by atomic mass is 79.9. The minimum atomic E-state index is -0.381. The van der Waals surface area contributed by atoms with Crippen molar-refractivity contribution in [2.45, 2.75) is 0 Å². The van der Waals surface area contributed by atoms with Crippen LogP contribution in [-0.2, 0) is 4.74 Å². The maximum Gasteiger partial charge on any atom is 0.339 e. The number of halogens is 1. The van der Waals surface area contributed by atoms with E-state index in [1.165, 1.54) is 7.11 Å². The summed E-state index contributed by atoms with van der Waals surface area (Å²) in [5.74, 6) is 1.02. The van der Waals surface area contributed by atoms with Gasteiger partial charge in [0.2, 0.25) is 0 Å². The summed E-state index contributed by atoms with van der Waals surface area (Å²) >= 11 is 3.32. The van der Waals surface area contributed by atoms with Crippen LogP contribution < -0.4 is 4.74 Å². The molecule has 92 valence electrons. The molecule has 0 aromatic heterocycles. The van der Waals surface area contributed by atoms with Crippen LogP contribution >= 0.6 is 15.9 Å². The van der Waals surface area contributed by atoms with Gasteiger partial charge in [-0.15, -0.1) is 0 Å². The van der Waals surface area contributed by atoms with Gasteiger partial charge >= 0.3 is 5.97 Å². The Balaban J connectivity index is 2.22. The smallest absolute Gasteiger partial charge is 0.339 e. The van der Waals surface area contributed by atoms with Gasteiger partial charge in [-0.05, 0) is 46.3 Å². The fraction of sp³-hybridized carbons (Fsp3) is 0.0714. The lowest BCUT2D eigenvalue weighted by atomic mass is 10.2. The number of para-hydroxylation sites is 1. The number of esters is 1. The molecule has 2 rings (SSSR count). The number of hydrogen-bond acceptors (Lipinski definition) is 3. The summed E-state index contributed by atoms with van der Waals surface area (Å²) in [7, 11) is 1.35. The Kier molecular flexibility index (Phi) is 3.99. The molecule has 0 N–H and O–H groups in total. The van der Waals surface area contributed by atoms with Crippen LogP contribution in [0.5, 0.6) is 11.5 Å². The molecule has 0 atom stereocenters. The molecule has 0 radical (unpaired) electrons. The van der Waals surface area contributed by atoms with Gasteiger partial charge in [-0.2, -0.15) is 0 Å². The summed E-state index contributed by atoms with van der Waals surface area (Å²) in [6.45, 7) is 0. The highest BCUT2D eigenvalue weighted by molar-refractivity contribution is 9.10. The van der Waals surface area contributed by atoms with Crippen molar-refractivity contribution in [3.63, 3.8) is 0 Å². The zero-order valence-electron chi connectivity index (χ0n) is 9.72. The lowest BCUT2D eigenvalue weighted by molar-refractivity contribution is 0.0599. The molecule has 0 amide bonds. The van der Waals surface area contributed by atoms with Gasteiger partial charge in [-0.1, -0.05) is 18.2 Å². The Morgan fingerprint density at radius 3 is 2.39 bits per heavy atom. The Morgan fingerprint density at radius 2 is 1.78 bits per heavy atom. The van der Waals surface area contributed by atoms with Crippen LogP contribution in [0.2, 0.25) is 0 Å². The van der Waals surface area contributed by atoms with E-state index >= 15 is 0 Å². The number of hydrogen-bond donors (Lipinski definition) is 0. The molecule has 0 saturated heterocycles. The number of benzene rings is 2. The van der Waals surface area contributed by atoms with Crippen molar-refractivity contribution in [3.05, 3.63) is 58.6 Å². The normalized spacial score (nSPS) is 9.89. The monoisotopic (exact) mass is 306 g/mol. The Hall–Kier alpha value is -1.81. The molecule has 0 unspecified atom stereocenters. The van der Waals surface area contributed by atoms with Gasteiger partial charge in [0.15, 0.2) is 0 Å². The number of carbonyl (C=O) groups excluding carboxylic acids is 1. The average molecular weight is 307 g/mol. The summed E-state index contributed by atoms with van der Waals surface area (Å²) in [6, 6.07) is 14.6. The van der Waals surface area contributed by atoms with E-state index in [-0.39, 0.29) is 5.97 Å². The van der Waals surface area contributed by atoms with Crippen molar-refractivity contribution < 1.29 is 14.3 Å². The van der Waals surface area contributed by atoms with E-state index in [1.54, 1.807) is 18.2 Å². The first-order valence-corrected chi connectivity index (χ1v) is 6.11. The predicted octanol–water partition coefficient (Wildman–Crippen LogP) is 4.03. The van der Waals surface area contributed by atoms with Gasteiger partial charge in [0.25, 0.3) is 0 Å². The van der Waals surface area contributed by atoms with E-state index < -0.39 is 0 Å². The molecule has 0 aliphatic heterocycles. The third kappa shape index (κ3) is 2.90. The minimum Gasteiger partial charge on any atom is -0.465 e. The van der Waals surface area contributed by atoms with E-state index in [1.807, 2.05) is 30.3 Å². The summed E-state index contributed by atoms with van der Waals surface area (Å²) in [5.41, 5.74) is 0.470. The lowest BCUT2D eigenvalue weighted by Gasteiger charge is -2.07. The van der Waals surface area contributed by atoms with Gasteiger partial charge < -0.3 is 9.47 Å². The summed E-state index contributed by atoms with van der Waals surface area (Å²) in [4.78, 5) is 11.4. The van der Waals surface area contributed by atoms with Gasteiger partial charge in [-0.25, -0.2) is 4.79 Å². The van der Waals surface area contributed by atoms with E-state index in [9.17, 15) is 4.79 Å². The minimum absolute atomic E-state index is 0.381. The Bertz CT molecular complexity index is 552. The number of ether oxygens (including phenoxy) is 2. The third-order valence-corrected chi connectivity index (χ3v) is 2.98.